The standard InChI is InChI=1S/C16H16N4O2S2/c1-3-22-15(21)12-8(2)11-13(17-7-18-14(11)24-12)20-16-19-9-5-4-6-10(9)23-16/h7H,3-6H2,1-2H3,(H,17,18,19,20). The number of hydrogen-bond donors (Lipinski definition) is 1. The van der Waals surface area contributed by atoms with Gasteiger partial charge in [0.05, 0.1) is 17.7 Å². The van der Waals surface area contributed by atoms with Gasteiger partial charge in [-0.2, -0.15) is 0 Å². The number of nitrogens with zero attached hydrogens (tertiary/aromatic N) is 3. The summed E-state index contributed by atoms with van der Waals surface area (Å²) in [5.74, 6) is 0.383. The van der Waals surface area contributed by atoms with E-state index in [-0.39, 0.29) is 5.97 Å². The van der Waals surface area contributed by atoms with E-state index in [1.54, 1.807) is 18.3 Å². The highest BCUT2D eigenvalue weighted by Crippen LogP contribution is 2.37. The smallest absolute Gasteiger partial charge is 0.348 e. The van der Waals surface area contributed by atoms with Crippen LogP contribution < -0.4 is 5.32 Å². The van der Waals surface area contributed by atoms with E-state index < -0.39 is 0 Å². The first-order valence-corrected chi connectivity index (χ1v) is 9.47. The average Bonchev–Trinajstić information content (AvgIpc) is 3.21. The molecule has 4 rings (SSSR count). The second-order valence-corrected chi connectivity index (χ2v) is 7.63. The predicted molar refractivity (Wildman–Crippen MR) is 95.5 cm³/mol. The van der Waals surface area contributed by atoms with Crippen LogP contribution in [-0.2, 0) is 17.6 Å². The number of thiazole rings is 1. The quantitative estimate of drug-likeness (QED) is 0.712. The Kier molecular flexibility index (Phi) is 3.93. The van der Waals surface area contributed by atoms with E-state index in [0.717, 1.165) is 33.8 Å². The van der Waals surface area contributed by atoms with Gasteiger partial charge in [0.15, 0.2) is 5.13 Å². The van der Waals surface area contributed by atoms with Crippen LogP contribution in [0.3, 0.4) is 0 Å². The van der Waals surface area contributed by atoms with Gasteiger partial charge < -0.3 is 10.1 Å². The Labute approximate surface area is 146 Å². The Morgan fingerprint density at radius 1 is 1.33 bits per heavy atom. The summed E-state index contributed by atoms with van der Waals surface area (Å²) in [5.41, 5.74) is 2.04. The summed E-state index contributed by atoms with van der Waals surface area (Å²) >= 11 is 3.02. The second kappa shape index (κ2) is 6.10. The van der Waals surface area contributed by atoms with Gasteiger partial charge in [-0.25, -0.2) is 19.7 Å². The highest BCUT2D eigenvalue weighted by atomic mass is 32.1. The number of carbonyl (C=O) groups excluding carboxylic acids is 1. The molecule has 1 N–H and O–H groups in total. The summed E-state index contributed by atoms with van der Waals surface area (Å²) in [6, 6.07) is 0. The van der Waals surface area contributed by atoms with Crippen LogP contribution in [0.15, 0.2) is 6.33 Å². The molecule has 1 aliphatic carbocycles. The first-order chi connectivity index (χ1) is 11.7. The topological polar surface area (TPSA) is 77.0 Å². The van der Waals surface area contributed by atoms with Crippen LogP contribution in [0.4, 0.5) is 10.9 Å². The largest absolute Gasteiger partial charge is 0.462 e. The predicted octanol–water partition coefficient (Wildman–Crippen LogP) is 3.87. The molecule has 0 aliphatic heterocycles. The summed E-state index contributed by atoms with van der Waals surface area (Å²) in [6.07, 6.45) is 4.87. The molecule has 3 heterocycles. The number of carbonyl (C=O) groups is 1. The minimum absolute atomic E-state index is 0.308. The lowest BCUT2D eigenvalue weighted by molar-refractivity contribution is 0.0531. The molecule has 24 heavy (non-hydrogen) atoms. The summed E-state index contributed by atoms with van der Waals surface area (Å²) in [4.78, 5) is 28.1. The van der Waals surface area contributed by atoms with E-state index in [9.17, 15) is 4.79 Å². The van der Waals surface area contributed by atoms with E-state index in [0.29, 0.717) is 17.3 Å². The number of fused-ring (bicyclic) bond motifs is 2. The van der Waals surface area contributed by atoms with Crippen LogP contribution >= 0.6 is 22.7 Å². The van der Waals surface area contributed by atoms with E-state index in [1.807, 2.05) is 6.92 Å². The summed E-state index contributed by atoms with van der Waals surface area (Å²) in [5, 5.41) is 5.02. The number of hydrogen-bond acceptors (Lipinski definition) is 8. The van der Waals surface area contributed by atoms with Crippen molar-refractivity contribution in [3.8, 4) is 0 Å². The van der Waals surface area contributed by atoms with Gasteiger partial charge in [-0.15, -0.1) is 22.7 Å². The lowest BCUT2D eigenvalue weighted by atomic mass is 10.2. The normalized spacial score (nSPS) is 13.2. The lowest BCUT2D eigenvalue weighted by Crippen LogP contribution is -2.03. The molecular formula is C16H16N4O2S2. The van der Waals surface area contributed by atoms with Crippen LogP contribution in [-0.4, -0.2) is 27.5 Å². The van der Waals surface area contributed by atoms with Crippen LogP contribution in [0.2, 0.25) is 0 Å². The molecule has 3 aromatic heterocycles. The Balaban J connectivity index is 1.73. The fourth-order valence-electron chi connectivity index (χ4n) is 2.90. The minimum atomic E-state index is -0.308. The maximum atomic E-state index is 12.1. The number of anilines is 2. The van der Waals surface area contributed by atoms with Crippen molar-refractivity contribution in [1.82, 2.24) is 15.0 Å². The van der Waals surface area contributed by atoms with Gasteiger partial charge >= 0.3 is 5.97 Å². The van der Waals surface area contributed by atoms with Crippen molar-refractivity contribution in [2.75, 3.05) is 11.9 Å². The molecule has 0 fully saturated rings. The number of aryl methyl sites for hydroxylation is 3. The summed E-state index contributed by atoms with van der Waals surface area (Å²) in [6.45, 7) is 4.06. The molecule has 3 aromatic rings. The Hall–Kier alpha value is -2.06. The number of nitrogens with one attached hydrogen (secondary N) is 1. The van der Waals surface area contributed by atoms with Crippen molar-refractivity contribution in [3.05, 3.63) is 27.3 Å². The molecule has 0 unspecified atom stereocenters. The van der Waals surface area contributed by atoms with Crippen molar-refractivity contribution >= 4 is 49.8 Å². The molecule has 0 saturated carbocycles. The molecule has 0 spiro atoms. The molecule has 6 nitrogen and oxygen atoms in total. The zero-order valence-corrected chi connectivity index (χ0v) is 15.0. The molecular weight excluding hydrogens is 344 g/mol. The number of ether oxygens (including phenoxy) is 1. The van der Waals surface area contributed by atoms with Gasteiger partial charge in [-0.05, 0) is 38.7 Å². The summed E-state index contributed by atoms with van der Waals surface area (Å²) < 4.78 is 5.13. The summed E-state index contributed by atoms with van der Waals surface area (Å²) in [7, 11) is 0. The Morgan fingerprint density at radius 3 is 3.00 bits per heavy atom. The Bertz CT molecular complexity index is 910. The van der Waals surface area contributed by atoms with E-state index in [2.05, 4.69) is 20.3 Å². The monoisotopic (exact) mass is 360 g/mol. The lowest BCUT2D eigenvalue weighted by Gasteiger charge is -2.04. The first kappa shape index (κ1) is 15.5. The highest BCUT2D eigenvalue weighted by molar-refractivity contribution is 7.20. The van der Waals surface area contributed by atoms with Gasteiger partial charge in [-0.3, -0.25) is 0 Å². The number of thiophene rings is 1. The maximum absolute atomic E-state index is 12.1. The van der Waals surface area contributed by atoms with Gasteiger partial charge in [0.1, 0.15) is 21.9 Å². The van der Waals surface area contributed by atoms with Crippen molar-refractivity contribution in [3.63, 3.8) is 0 Å². The molecule has 0 aromatic carbocycles. The third kappa shape index (κ3) is 2.55. The average molecular weight is 360 g/mol. The SMILES string of the molecule is CCOC(=O)c1sc2ncnc(Nc3nc4c(s3)CCC4)c2c1C. The van der Waals surface area contributed by atoms with Gasteiger partial charge in [-0.1, -0.05) is 0 Å². The van der Waals surface area contributed by atoms with Gasteiger partial charge in [0.25, 0.3) is 0 Å². The third-order valence-corrected chi connectivity index (χ3v) is 6.26. The molecule has 0 atom stereocenters. The molecule has 124 valence electrons. The molecule has 0 saturated heterocycles. The zero-order valence-electron chi connectivity index (χ0n) is 13.4. The fourth-order valence-corrected chi connectivity index (χ4v) is 4.99. The van der Waals surface area contributed by atoms with Crippen LogP contribution in [0.25, 0.3) is 10.2 Å². The molecule has 8 heteroatoms. The van der Waals surface area contributed by atoms with Crippen LogP contribution in [0.1, 0.15) is 39.2 Å². The second-order valence-electron chi connectivity index (χ2n) is 5.55. The minimum Gasteiger partial charge on any atom is -0.462 e. The van der Waals surface area contributed by atoms with Crippen molar-refractivity contribution in [2.45, 2.75) is 33.1 Å². The van der Waals surface area contributed by atoms with Gasteiger partial charge in [0.2, 0.25) is 0 Å². The van der Waals surface area contributed by atoms with Crippen molar-refractivity contribution in [1.29, 1.82) is 0 Å². The zero-order chi connectivity index (χ0) is 16.7. The van der Waals surface area contributed by atoms with Crippen LogP contribution in [0, 0.1) is 6.92 Å². The molecule has 0 bridgehead atoms. The van der Waals surface area contributed by atoms with Crippen LogP contribution in [0.5, 0.6) is 0 Å². The van der Waals surface area contributed by atoms with E-state index in [4.69, 9.17) is 4.74 Å². The first-order valence-electron chi connectivity index (χ1n) is 7.84. The number of rotatable bonds is 4. The third-order valence-electron chi connectivity index (χ3n) is 4.01. The van der Waals surface area contributed by atoms with E-state index in [1.165, 1.54) is 34.7 Å². The Morgan fingerprint density at radius 2 is 2.21 bits per heavy atom. The van der Waals surface area contributed by atoms with Crippen molar-refractivity contribution in [2.24, 2.45) is 0 Å². The number of esters is 1. The highest BCUT2D eigenvalue weighted by Gasteiger charge is 2.22. The molecule has 1 aliphatic rings. The molecule has 0 amide bonds. The van der Waals surface area contributed by atoms with E-state index >= 15 is 0 Å². The number of aromatic nitrogens is 3. The maximum Gasteiger partial charge on any atom is 0.348 e. The molecule has 0 radical (unpaired) electrons. The fraction of sp³-hybridized carbons (Fsp3) is 0.375. The van der Waals surface area contributed by atoms with Gasteiger partial charge in [0, 0.05) is 4.88 Å². The van der Waals surface area contributed by atoms with Crippen molar-refractivity contribution < 1.29 is 9.53 Å².